The van der Waals surface area contributed by atoms with Gasteiger partial charge in [0.05, 0.1) is 11.4 Å². The molecule has 5 heteroatoms. The van der Waals surface area contributed by atoms with E-state index in [4.69, 9.17) is 14.4 Å². The number of hydrogen-bond donors (Lipinski definition) is 0. The molecular weight excluding hydrogens is 619 g/mol. The number of anilines is 3. The van der Waals surface area contributed by atoms with Gasteiger partial charge in [0, 0.05) is 53.3 Å². The van der Waals surface area contributed by atoms with Gasteiger partial charge in [0.15, 0.2) is 11.4 Å². The molecule has 0 saturated heterocycles. The fraction of sp³-hybridized carbons (Fsp3) is 0. The zero-order chi connectivity index (χ0) is 32.1. The molecule has 0 spiro atoms. The molecule has 4 nitrogen and oxygen atoms in total. The standard InChI is InChI=1S/C44H25N3OS/c1-4-21-35-29(15-1)31-18-8-11-26-12-9-22-36(39(26)31)47(35)28-14-7-13-27(25-28)44-45-40-33-17-2-5-23-37(33)48-42(40)41(46-44)34-20-10-19-32-30-16-3-6-24-38(30)49-43(32)34/h1-25H. The van der Waals surface area contributed by atoms with Crippen molar-refractivity contribution in [2.75, 3.05) is 4.90 Å². The molecule has 0 saturated carbocycles. The molecule has 0 aliphatic carbocycles. The molecule has 0 atom stereocenters. The van der Waals surface area contributed by atoms with Crippen LogP contribution in [0.5, 0.6) is 0 Å². The molecule has 228 valence electrons. The van der Waals surface area contributed by atoms with Gasteiger partial charge in [-0.3, -0.25) is 0 Å². The first-order valence-electron chi connectivity index (χ1n) is 16.4. The monoisotopic (exact) mass is 643 g/mol. The molecule has 0 bridgehead atoms. The van der Waals surface area contributed by atoms with Gasteiger partial charge in [0.2, 0.25) is 0 Å². The van der Waals surface area contributed by atoms with E-state index in [1.54, 1.807) is 11.3 Å². The first-order chi connectivity index (χ1) is 24.3. The maximum Gasteiger partial charge on any atom is 0.180 e. The summed E-state index contributed by atoms with van der Waals surface area (Å²) in [6.07, 6.45) is 0. The van der Waals surface area contributed by atoms with E-state index in [-0.39, 0.29) is 0 Å². The van der Waals surface area contributed by atoms with Crippen molar-refractivity contribution >= 4 is 81.4 Å². The highest BCUT2D eigenvalue weighted by atomic mass is 32.1. The molecule has 1 aliphatic heterocycles. The van der Waals surface area contributed by atoms with Crippen molar-refractivity contribution in [3.05, 3.63) is 152 Å². The summed E-state index contributed by atoms with van der Waals surface area (Å²) in [5.74, 6) is 0.665. The van der Waals surface area contributed by atoms with Gasteiger partial charge in [-0.1, -0.05) is 109 Å². The lowest BCUT2D eigenvalue weighted by Gasteiger charge is -2.33. The summed E-state index contributed by atoms with van der Waals surface area (Å²) in [5.41, 5.74) is 11.0. The van der Waals surface area contributed by atoms with Crippen LogP contribution < -0.4 is 4.90 Å². The van der Waals surface area contributed by atoms with Crippen LogP contribution in [-0.4, -0.2) is 9.97 Å². The second-order valence-electron chi connectivity index (χ2n) is 12.5. The summed E-state index contributed by atoms with van der Waals surface area (Å²) in [6.45, 7) is 0. The van der Waals surface area contributed by atoms with Crippen molar-refractivity contribution in [2.24, 2.45) is 0 Å². The Morgan fingerprint density at radius 3 is 2.22 bits per heavy atom. The molecule has 0 N–H and O–H groups in total. The quantitative estimate of drug-likeness (QED) is 0.192. The Labute approximate surface area is 285 Å². The van der Waals surface area contributed by atoms with Crippen molar-refractivity contribution < 1.29 is 4.42 Å². The number of thiophene rings is 1. The normalized spacial score (nSPS) is 12.4. The van der Waals surface area contributed by atoms with Crippen LogP contribution in [0.4, 0.5) is 17.1 Å². The van der Waals surface area contributed by atoms with Gasteiger partial charge < -0.3 is 9.32 Å². The Morgan fingerprint density at radius 1 is 0.551 bits per heavy atom. The van der Waals surface area contributed by atoms with Crippen LogP contribution in [0.25, 0.3) is 86.8 Å². The third-order valence-corrected chi connectivity index (χ3v) is 11.0. The minimum atomic E-state index is 0.665. The first-order valence-corrected chi connectivity index (χ1v) is 17.2. The number of hydrogen-bond acceptors (Lipinski definition) is 5. The highest BCUT2D eigenvalue weighted by Crippen LogP contribution is 2.51. The van der Waals surface area contributed by atoms with E-state index >= 15 is 0 Å². The van der Waals surface area contributed by atoms with E-state index in [0.717, 1.165) is 44.7 Å². The molecule has 0 fully saturated rings. The topological polar surface area (TPSA) is 42.2 Å². The van der Waals surface area contributed by atoms with E-state index in [9.17, 15) is 0 Å². The number of rotatable bonds is 3. The molecule has 49 heavy (non-hydrogen) atoms. The number of furan rings is 1. The van der Waals surface area contributed by atoms with E-state index in [0.29, 0.717) is 11.4 Å². The maximum atomic E-state index is 6.55. The lowest BCUT2D eigenvalue weighted by Crippen LogP contribution is -2.15. The van der Waals surface area contributed by atoms with Gasteiger partial charge >= 0.3 is 0 Å². The largest absolute Gasteiger partial charge is 0.452 e. The van der Waals surface area contributed by atoms with Crippen LogP contribution in [0, 0.1) is 0 Å². The highest BCUT2D eigenvalue weighted by molar-refractivity contribution is 7.26. The van der Waals surface area contributed by atoms with Crippen molar-refractivity contribution in [3.63, 3.8) is 0 Å². The number of para-hydroxylation sites is 2. The van der Waals surface area contributed by atoms with Crippen LogP contribution in [0.2, 0.25) is 0 Å². The van der Waals surface area contributed by atoms with Crippen LogP contribution in [0.15, 0.2) is 156 Å². The predicted molar refractivity (Wildman–Crippen MR) is 204 cm³/mol. The molecule has 11 rings (SSSR count). The van der Waals surface area contributed by atoms with Crippen LogP contribution in [0.3, 0.4) is 0 Å². The number of fused-ring (bicyclic) bond motifs is 8. The molecule has 1 aliphatic rings. The summed E-state index contributed by atoms with van der Waals surface area (Å²) < 4.78 is 9.00. The second-order valence-corrected chi connectivity index (χ2v) is 13.6. The smallest absolute Gasteiger partial charge is 0.180 e. The highest BCUT2D eigenvalue weighted by Gasteiger charge is 2.26. The third kappa shape index (κ3) is 3.85. The molecule has 7 aromatic carbocycles. The van der Waals surface area contributed by atoms with Gasteiger partial charge in [-0.15, -0.1) is 11.3 Å². The van der Waals surface area contributed by atoms with Crippen LogP contribution in [-0.2, 0) is 0 Å². The Kier molecular flexibility index (Phi) is 5.51. The first kappa shape index (κ1) is 26.7. The van der Waals surface area contributed by atoms with Gasteiger partial charge in [-0.05, 0) is 53.4 Å². The molecule has 3 aromatic heterocycles. The van der Waals surface area contributed by atoms with Gasteiger partial charge in [0.25, 0.3) is 0 Å². The Hall–Kier alpha value is -6.30. The fourth-order valence-electron chi connectivity index (χ4n) is 7.66. The minimum absolute atomic E-state index is 0.665. The van der Waals surface area contributed by atoms with E-state index in [1.807, 2.05) is 18.2 Å². The van der Waals surface area contributed by atoms with E-state index < -0.39 is 0 Å². The summed E-state index contributed by atoms with van der Waals surface area (Å²) in [5, 5.41) is 5.95. The SMILES string of the molecule is c1cc(-c2nc(-c3cccc4c3sc3ccccc34)c3oc4ccccc4c3n2)cc(N2c3ccccc3-c3cccc4cccc2c34)c1. The lowest BCUT2D eigenvalue weighted by molar-refractivity contribution is 0.667. The molecule has 4 heterocycles. The van der Waals surface area contributed by atoms with Crippen molar-refractivity contribution in [2.45, 2.75) is 0 Å². The van der Waals surface area contributed by atoms with Crippen molar-refractivity contribution in [1.29, 1.82) is 0 Å². The summed E-state index contributed by atoms with van der Waals surface area (Å²) in [7, 11) is 0. The van der Waals surface area contributed by atoms with Crippen LogP contribution in [0.1, 0.15) is 0 Å². The van der Waals surface area contributed by atoms with Gasteiger partial charge in [-0.2, -0.15) is 0 Å². The van der Waals surface area contributed by atoms with Gasteiger partial charge in [-0.25, -0.2) is 9.97 Å². The zero-order valence-electron chi connectivity index (χ0n) is 26.1. The van der Waals surface area contributed by atoms with Crippen molar-refractivity contribution in [1.82, 2.24) is 9.97 Å². The molecule has 0 unspecified atom stereocenters. The molecule has 10 aromatic rings. The number of aromatic nitrogens is 2. The summed E-state index contributed by atoms with van der Waals surface area (Å²) in [6, 6.07) is 53.7. The average molecular weight is 644 g/mol. The molecule has 0 amide bonds. The molecule has 0 radical (unpaired) electrons. The van der Waals surface area contributed by atoms with Gasteiger partial charge in [0.1, 0.15) is 16.8 Å². The van der Waals surface area contributed by atoms with Crippen LogP contribution >= 0.6 is 11.3 Å². The van der Waals surface area contributed by atoms with E-state index in [2.05, 4.69) is 138 Å². The Bertz CT molecular complexity index is 2970. The Morgan fingerprint density at radius 2 is 1.27 bits per heavy atom. The maximum absolute atomic E-state index is 6.55. The molecular formula is C44H25N3OS. The number of nitrogens with zero attached hydrogens (tertiary/aromatic N) is 3. The van der Waals surface area contributed by atoms with Crippen molar-refractivity contribution in [3.8, 4) is 33.8 Å². The zero-order valence-corrected chi connectivity index (χ0v) is 26.9. The Balaban J connectivity index is 1.16. The second kappa shape index (κ2) is 10.1. The summed E-state index contributed by atoms with van der Waals surface area (Å²) in [4.78, 5) is 12.9. The lowest BCUT2D eigenvalue weighted by atomic mass is 9.91. The minimum Gasteiger partial charge on any atom is -0.452 e. The number of benzene rings is 7. The van der Waals surface area contributed by atoms with E-state index in [1.165, 1.54) is 47.8 Å². The summed E-state index contributed by atoms with van der Waals surface area (Å²) >= 11 is 1.80. The fourth-order valence-corrected chi connectivity index (χ4v) is 8.87. The third-order valence-electron chi connectivity index (χ3n) is 9.80. The predicted octanol–water partition coefficient (Wildman–Crippen LogP) is 12.7. The average Bonchev–Trinajstić information content (AvgIpc) is 3.74.